The van der Waals surface area contributed by atoms with Crippen molar-refractivity contribution in [3.05, 3.63) is 29.6 Å². The van der Waals surface area contributed by atoms with Gasteiger partial charge in [0.25, 0.3) is 0 Å². The molecule has 114 valence electrons. The van der Waals surface area contributed by atoms with E-state index in [1.54, 1.807) is 12.1 Å². The van der Waals surface area contributed by atoms with E-state index in [0.29, 0.717) is 5.52 Å². The summed E-state index contributed by atoms with van der Waals surface area (Å²) in [5.41, 5.74) is 1.60. The Morgan fingerprint density at radius 2 is 2.00 bits per heavy atom. The molecule has 0 aliphatic carbocycles. The Balaban J connectivity index is 2.67. The van der Waals surface area contributed by atoms with Crippen LogP contribution in [0.25, 0.3) is 11.0 Å². The van der Waals surface area contributed by atoms with Crippen LogP contribution in [0.3, 0.4) is 0 Å². The second-order valence-electron chi connectivity index (χ2n) is 6.62. The van der Waals surface area contributed by atoms with Gasteiger partial charge in [0.1, 0.15) is 11.3 Å². The molecule has 0 amide bonds. The molecule has 1 aromatic heterocycles. The zero-order chi connectivity index (χ0) is 15.8. The Kier molecular flexibility index (Phi) is 4.05. The number of para-hydroxylation sites is 1. The molecule has 0 unspecified atom stereocenters. The average Bonchev–Trinajstić information content (AvgIpc) is 2.74. The molecule has 0 radical (unpaired) electrons. The fraction of sp³-hybridized carbons (Fsp3) is 0.500. The van der Waals surface area contributed by atoms with Crippen LogP contribution < -0.4 is 0 Å². The molecule has 5 nitrogen and oxygen atoms in total. The number of hydrogen-bond acceptors (Lipinski definition) is 3. The lowest BCUT2D eigenvalue weighted by Crippen LogP contribution is -2.24. The van der Waals surface area contributed by atoms with Crippen LogP contribution in [0.15, 0.2) is 18.2 Å². The molecule has 5 heteroatoms. The van der Waals surface area contributed by atoms with Crippen LogP contribution in [-0.4, -0.2) is 46.2 Å². The smallest absolute Gasteiger partial charge is 0.337 e. The normalized spacial score (nSPS) is 12.3. The maximum absolute atomic E-state index is 11.4. The topological polar surface area (TPSA) is 58.4 Å². The summed E-state index contributed by atoms with van der Waals surface area (Å²) in [6, 6.07) is 5.34. The summed E-state index contributed by atoms with van der Waals surface area (Å²) in [6.45, 7) is 7.97. The van der Waals surface area contributed by atoms with E-state index in [1.165, 1.54) is 0 Å². The number of benzene rings is 1. The molecule has 0 aliphatic heterocycles. The van der Waals surface area contributed by atoms with E-state index < -0.39 is 5.97 Å². The second kappa shape index (κ2) is 5.48. The summed E-state index contributed by atoms with van der Waals surface area (Å²) in [7, 11) is 4.05. The third kappa shape index (κ3) is 3.08. The molecule has 2 rings (SSSR count). The molecule has 1 N–H and O–H groups in total. The monoisotopic (exact) mass is 289 g/mol. The first-order valence-corrected chi connectivity index (χ1v) is 7.09. The number of aromatic carboxylic acids is 1. The lowest BCUT2D eigenvalue weighted by molar-refractivity contribution is 0.0699. The molecule has 0 saturated heterocycles. The van der Waals surface area contributed by atoms with Crippen LogP contribution in [0.4, 0.5) is 0 Å². The molecule has 0 bridgehead atoms. The minimum Gasteiger partial charge on any atom is -0.478 e. The van der Waals surface area contributed by atoms with E-state index in [1.807, 2.05) is 20.2 Å². The van der Waals surface area contributed by atoms with Gasteiger partial charge < -0.3 is 14.6 Å². The summed E-state index contributed by atoms with van der Waals surface area (Å²) in [6.07, 6.45) is 0. The molecule has 0 spiro atoms. The minimum absolute atomic E-state index is 0.138. The standard InChI is InChI=1S/C16H23N3O2/c1-16(2,3)15-17-13-11(14(20)21)7-6-8-12(13)19(15)10-9-18(4)5/h6-8H,9-10H2,1-5H3,(H,20,21). The molecular formula is C16H23N3O2. The third-order valence-electron chi connectivity index (χ3n) is 3.45. The number of likely N-dealkylation sites (N-methyl/N-ethyl adjacent to an activating group) is 1. The Bertz CT molecular complexity index is 666. The van der Waals surface area contributed by atoms with Crippen LogP contribution in [0.5, 0.6) is 0 Å². The van der Waals surface area contributed by atoms with Crippen LogP contribution in [-0.2, 0) is 12.0 Å². The third-order valence-corrected chi connectivity index (χ3v) is 3.45. The number of fused-ring (bicyclic) bond motifs is 1. The largest absolute Gasteiger partial charge is 0.478 e. The van der Waals surface area contributed by atoms with Crippen molar-refractivity contribution in [2.24, 2.45) is 0 Å². The van der Waals surface area contributed by atoms with E-state index in [9.17, 15) is 9.90 Å². The molecule has 1 heterocycles. The van der Waals surface area contributed by atoms with Gasteiger partial charge in [0.05, 0.1) is 11.1 Å². The Hall–Kier alpha value is -1.88. The van der Waals surface area contributed by atoms with Gasteiger partial charge in [-0.15, -0.1) is 0 Å². The predicted molar refractivity (Wildman–Crippen MR) is 83.9 cm³/mol. The van der Waals surface area contributed by atoms with Crippen molar-refractivity contribution in [3.63, 3.8) is 0 Å². The molecule has 0 saturated carbocycles. The summed E-state index contributed by atoms with van der Waals surface area (Å²) in [5, 5.41) is 9.35. The van der Waals surface area contributed by atoms with Gasteiger partial charge in [-0.3, -0.25) is 0 Å². The summed E-state index contributed by atoms with van der Waals surface area (Å²) in [4.78, 5) is 18.2. The number of carbonyl (C=O) groups is 1. The van der Waals surface area contributed by atoms with E-state index in [2.05, 4.69) is 35.2 Å². The van der Waals surface area contributed by atoms with Crippen molar-refractivity contribution in [3.8, 4) is 0 Å². The fourth-order valence-electron chi connectivity index (χ4n) is 2.42. The van der Waals surface area contributed by atoms with Gasteiger partial charge in [0.2, 0.25) is 0 Å². The number of carboxylic acids is 1. The summed E-state index contributed by atoms with van der Waals surface area (Å²) >= 11 is 0. The Morgan fingerprint density at radius 3 is 2.52 bits per heavy atom. The molecule has 0 atom stereocenters. The fourth-order valence-corrected chi connectivity index (χ4v) is 2.42. The van der Waals surface area contributed by atoms with Crippen LogP contribution >= 0.6 is 0 Å². The van der Waals surface area contributed by atoms with Crippen molar-refractivity contribution >= 4 is 17.0 Å². The van der Waals surface area contributed by atoms with E-state index in [0.717, 1.165) is 24.4 Å². The number of hydrogen-bond donors (Lipinski definition) is 1. The Labute approximate surface area is 125 Å². The quantitative estimate of drug-likeness (QED) is 0.940. The molecule has 0 fully saturated rings. The van der Waals surface area contributed by atoms with Gasteiger partial charge in [-0.1, -0.05) is 26.8 Å². The SMILES string of the molecule is CN(C)CCn1c(C(C)(C)C)nc2c(C(=O)O)cccc21. The van der Waals surface area contributed by atoms with E-state index >= 15 is 0 Å². The van der Waals surface area contributed by atoms with Crippen LogP contribution in [0.2, 0.25) is 0 Å². The highest BCUT2D eigenvalue weighted by molar-refractivity contribution is 6.01. The minimum atomic E-state index is -0.932. The molecule has 21 heavy (non-hydrogen) atoms. The highest BCUT2D eigenvalue weighted by atomic mass is 16.4. The Morgan fingerprint density at radius 1 is 1.33 bits per heavy atom. The first-order valence-electron chi connectivity index (χ1n) is 7.09. The van der Waals surface area contributed by atoms with Crippen LogP contribution in [0, 0.1) is 0 Å². The van der Waals surface area contributed by atoms with Crippen molar-refractivity contribution in [1.29, 1.82) is 0 Å². The lowest BCUT2D eigenvalue weighted by Gasteiger charge is -2.21. The maximum atomic E-state index is 11.4. The molecule has 2 aromatic rings. The van der Waals surface area contributed by atoms with Crippen molar-refractivity contribution < 1.29 is 9.90 Å². The zero-order valence-electron chi connectivity index (χ0n) is 13.3. The van der Waals surface area contributed by atoms with Gasteiger partial charge in [-0.05, 0) is 26.2 Å². The molecular weight excluding hydrogens is 266 g/mol. The molecule has 0 aliphatic rings. The van der Waals surface area contributed by atoms with Crippen LogP contribution in [0.1, 0.15) is 37.0 Å². The zero-order valence-corrected chi connectivity index (χ0v) is 13.3. The van der Waals surface area contributed by atoms with Crippen molar-refractivity contribution in [1.82, 2.24) is 14.5 Å². The average molecular weight is 289 g/mol. The first-order chi connectivity index (χ1) is 9.71. The van der Waals surface area contributed by atoms with Gasteiger partial charge in [-0.25, -0.2) is 9.78 Å². The van der Waals surface area contributed by atoms with Gasteiger partial charge in [0.15, 0.2) is 0 Å². The highest BCUT2D eigenvalue weighted by Gasteiger charge is 2.24. The highest BCUT2D eigenvalue weighted by Crippen LogP contribution is 2.28. The summed E-state index contributed by atoms with van der Waals surface area (Å²) in [5.74, 6) is -0.00799. The lowest BCUT2D eigenvalue weighted by atomic mass is 9.95. The molecule has 1 aromatic carbocycles. The summed E-state index contributed by atoms with van der Waals surface area (Å²) < 4.78 is 2.14. The number of carboxylic acid groups (broad SMARTS) is 1. The number of rotatable bonds is 4. The number of imidazole rings is 1. The first kappa shape index (κ1) is 15.5. The van der Waals surface area contributed by atoms with Gasteiger partial charge in [-0.2, -0.15) is 0 Å². The van der Waals surface area contributed by atoms with Gasteiger partial charge >= 0.3 is 5.97 Å². The van der Waals surface area contributed by atoms with E-state index in [4.69, 9.17) is 0 Å². The van der Waals surface area contributed by atoms with Gasteiger partial charge in [0, 0.05) is 18.5 Å². The predicted octanol–water partition coefficient (Wildman–Crippen LogP) is 2.59. The van der Waals surface area contributed by atoms with Crippen molar-refractivity contribution in [2.45, 2.75) is 32.7 Å². The number of nitrogens with zero attached hydrogens (tertiary/aromatic N) is 3. The van der Waals surface area contributed by atoms with Crippen molar-refractivity contribution in [2.75, 3.05) is 20.6 Å². The second-order valence-corrected chi connectivity index (χ2v) is 6.62. The number of aromatic nitrogens is 2. The maximum Gasteiger partial charge on any atom is 0.337 e. The van der Waals surface area contributed by atoms with E-state index in [-0.39, 0.29) is 11.0 Å².